The van der Waals surface area contributed by atoms with Gasteiger partial charge in [-0.3, -0.25) is 4.79 Å². The first-order valence-corrected chi connectivity index (χ1v) is 9.77. The Labute approximate surface area is 154 Å². The first kappa shape index (κ1) is 16.1. The number of amides is 1. The van der Waals surface area contributed by atoms with Crippen LogP contribution in [0.25, 0.3) is 0 Å². The summed E-state index contributed by atoms with van der Waals surface area (Å²) in [5.41, 5.74) is 3.76. The fourth-order valence-electron chi connectivity index (χ4n) is 5.38. The summed E-state index contributed by atoms with van der Waals surface area (Å²) >= 11 is 0. The second kappa shape index (κ2) is 5.95. The molecule has 5 rings (SSSR count). The van der Waals surface area contributed by atoms with E-state index in [1.165, 1.54) is 31.2 Å². The zero-order valence-electron chi connectivity index (χ0n) is 15.3. The second-order valence-electron chi connectivity index (χ2n) is 8.26. The number of nitrogens with one attached hydrogen (secondary N) is 1. The topological polar surface area (TPSA) is 50.2 Å². The fraction of sp³-hybridized carbons (Fsp3) is 0.524. The number of rotatable bonds is 2. The van der Waals surface area contributed by atoms with Crippen LogP contribution in [0.2, 0.25) is 0 Å². The van der Waals surface area contributed by atoms with Crippen molar-refractivity contribution in [2.75, 3.05) is 24.5 Å². The Balaban J connectivity index is 1.47. The van der Waals surface area contributed by atoms with E-state index in [1.54, 1.807) is 0 Å². The van der Waals surface area contributed by atoms with E-state index in [9.17, 15) is 4.79 Å². The second-order valence-corrected chi connectivity index (χ2v) is 8.26. The van der Waals surface area contributed by atoms with Crippen LogP contribution < -0.4 is 10.2 Å². The van der Waals surface area contributed by atoms with Crippen LogP contribution in [0, 0.1) is 5.92 Å². The molecule has 1 aromatic carbocycles. The molecule has 5 nitrogen and oxygen atoms in total. The lowest BCUT2D eigenvalue weighted by Gasteiger charge is -2.27. The predicted molar refractivity (Wildman–Crippen MR) is 101 cm³/mol. The SMILES string of the molecule is Cn1cnc([C@@H]2CNC[C@H]2C(=O)N2CC3(CCCC3)c3ccccc32)c1. The first-order chi connectivity index (χ1) is 12.7. The van der Waals surface area contributed by atoms with Gasteiger partial charge in [0, 0.05) is 49.9 Å². The molecule has 3 heterocycles. The molecule has 2 aromatic rings. The highest BCUT2D eigenvalue weighted by molar-refractivity contribution is 5.98. The number of para-hydroxylation sites is 1. The van der Waals surface area contributed by atoms with E-state index in [-0.39, 0.29) is 23.2 Å². The zero-order chi connectivity index (χ0) is 17.7. The average Bonchev–Trinajstić information content (AvgIpc) is 3.43. The summed E-state index contributed by atoms with van der Waals surface area (Å²) in [6, 6.07) is 8.58. The molecule has 136 valence electrons. The molecule has 1 saturated heterocycles. The fourth-order valence-corrected chi connectivity index (χ4v) is 5.38. The molecular weight excluding hydrogens is 324 g/mol. The zero-order valence-corrected chi connectivity index (χ0v) is 15.3. The summed E-state index contributed by atoms with van der Waals surface area (Å²) in [7, 11) is 1.98. The molecule has 1 aliphatic carbocycles. The number of aryl methyl sites for hydroxylation is 1. The van der Waals surface area contributed by atoms with E-state index in [0.29, 0.717) is 0 Å². The molecule has 1 aromatic heterocycles. The van der Waals surface area contributed by atoms with Crippen LogP contribution in [0.5, 0.6) is 0 Å². The van der Waals surface area contributed by atoms with Crippen LogP contribution in [-0.4, -0.2) is 35.1 Å². The highest BCUT2D eigenvalue weighted by Gasteiger charge is 2.48. The Morgan fingerprint density at radius 2 is 2.04 bits per heavy atom. The standard InChI is InChI=1S/C21H26N4O/c1-24-12-18(23-14-24)15-10-22-11-16(15)20(26)25-13-21(8-4-5-9-21)17-6-2-3-7-19(17)25/h2-3,6-7,12,14-16,22H,4-5,8-11,13H2,1H3/t15-,16-/m1/s1. The van der Waals surface area contributed by atoms with Crippen molar-refractivity contribution >= 4 is 11.6 Å². The minimum atomic E-state index is -0.0329. The Bertz CT molecular complexity index is 836. The highest BCUT2D eigenvalue weighted by Crippen LogP contribution is 2.51. The monoisotopic (exact) mass is 350 g/mol. The minimum absolute atomic E-state index is 0.0329. The van der Waals surface area contributed by atoms with Crippen molar-refractivity contribution in [3.05, 3.63) is 48.0 Å². The normalized spacial score (nSPS) is 26.6. The Hall–Kier alpha value is -2.14. The van der Waals surface area contributed by atoms with E-state index >= 15 is 0 Å². The molecule has 2 atom stereocenters. The summed E-state index contributed by atoms with van der Waals surface area (Å²) in [5.74, 6) is 0.396. The molecule has 5 heteroatoms. The van der Waals surface area contributed by atoms with E-state index in [0.717, 1.165) is 31.0 Å². The molecule has 1 spiro atoms. The molecule has 1 N–H and O–H groups in total. The third-order valence-corrected chi connectivity index (χ3v) is 6.69. The van der Waals surface area contributed by atoms with Crippen LogP contribution >= 0.6 is 0 Å². The molecule has 0 unspecified atom stereocenters. The Morgan fingerprint density at radius 1 is 1.23 bits per heavy atom. The quantitative estimate of drug-likeness (QED) is 0.906. The van der Waals surface area contributed by atoms with Gasteiger partial charge in [-0.05, 0) is 24.5 Å². The van der Waals surface area contributed by atoms with Crippen LogP contribution in [-0.2, 0) is 17.3 Å². The van der Waals surface area contributed by atoms with Crippen LogP contribution in [0.15, 0.2) is 36.8 Å². The Morgan fingerprint density at radius 3 is 2.81 bits per heavy atom. The lowest BCUT2D eigenvalue weighted by Crippen LogP contribution is -2.41. The van der Waals surface area contributed by atoms with Gasteiger partial charge in [0.05, 0.1) is 17.9 Å². The van der Waals surface area contributed by atoms with Crippen molar-refractivity contribution in [1.29, 1.82) is 0 Å². The van der Waals surface area contributed by atoms with Gasteiger partial charge in [0.15, 0.2) is 0 Å². The molecule has 26 heavy (non-hydrogen) atoms. The van der Waals surface area contributed by atoms with Crippen molar-refractivity contribution < 1.29 is 4.79 Å². The van der Waals surface area contributed by atoms with Gasteiger partial charge in [-0.2, -0.15) is 0 Å². The van der Waals surface area contributed by atoms with Crippen molar-refractivity contribution in [1.82, 2.24) is 14.9 Å². The van der Waals surface area contributed by atoms with Gasteiger partial charge in [0.25, 0.3) is 0 Å². The van der Waals surface area contributed by atoms with Gasteiger partial charge in [0.1, 0.15) is 0 Å². The van der Waals surface area contributed by atoms with Crippen molar-refractivity contribution in [3.63, 3.8) is 0 Å². The third-order valence-electron chi connectivity index (χ3n) is 6.69. The molecular formula is C21H26N4O. The van der Waals surface area contributed by atoms with Crippen LogP contribution in [0.4, 0.5) is 5.69 Å². The number of anilines is 1. The van der Waals surface area contributed by atoms with Crippen molar-refractivity contribution in [2.24, 2.45) is 13.0 Å². The van der Waals surface area contributed by atoms with Crippen molar-refractivity contribution in [3.8, 4) is 0 Å². The van der Waals surface area contributed by atoms with E-state index < -0.39 is 0 Å². The lowest BCUT2D eigenvalue weighted by molar-refractivity contribution is -0.122. The average molecular weight is 350 g/mol. The summed E-state index contributed by atoms with van der Waals surface area (Å²) in [6.45, 7) is 2.43. The number of carbonyl (C=O) groups is 1. The van der Waals surface area contributed by atoms with Gasteiger partial charge >= 0.3 is 0 Å². The van der Waals surface area contributed by atoms with Crippen LogP contribution in [0.3, 0.4) is 0 Å². The van der Waals surface area contributed by atoms with Gasteiger partial charge < -0.3 is 14.8 Å². The van der Waals surface area contributed by atoms with E-state index in [1.807, 2.05) is 24.1 Å². The first-order valence-electron chi connectivity index (χ1n) is 9.77. The molecule has 0 radical (unpaired) electrons. The number of hydrogen-bond donors (Lipinski definition) is 1. The lowest BCUT2D eigenvalue weighted by atomic mass is 9.81. The summed E-state index contributed by atoms with van der Waals surface area (Å²) in [6.07, 6.45) is 8.85. The van der Waals surface area contributed by atoms with Crippen molar-refractivity contribution in [2.45, 2.75) is 37.0 Å². The molecule has 3 aliphatic rings. The Kier molecular flexibility index (Phi) is 3.67. The number of carbonyl (C=O) groups excluding carboxylic acids is 1. The number of fused-ring (bicyclic) bond motifs is 2. The number of aromatic nitrogens is 2. The van der Waals surface area contributed by atoms with Gasteiger partial charge in [-0.25, -0.2) is 4.98 Å². The maximum absolute atomic E-state index is 13.6. The summed E-state index contributed by atoms with van der Waals surface area (Å²) in [4.78, 5) is 20.2. The van der Waals surface area contributed by atoms with Gasteiger partial charge in [0.2, 0.25) is 5.91 Å². The van der Waals surface area contributed by atoms with Crippen LogP contribution in [0.1, 0.15) is 42.9 Å². The summed E-state index contributed by atoms with van der Waals surface area (Å²) < 4.78 is 1.97. The third kappa shape index (κ3) is 2.33. The van der Waals surface area contributed by atoms with E-state index in [2.05, 4.69) is 39.5 Å². The molecule has 0 bridgehead atoms. The highest BCUT2D eigenvalue weighted by atomic mass is 16.2. The number of benzene rings is 1. The van der Waals surface area contributed by atoms with Gasteiger partial charge in [-0.15, -0.1) is 0 Å². The molecule has 2 fully saturated rings. The maximum Gasteiger partial charge on any atom is 0.232 e. The molecule has 1 amide bonds. The van der Waals surface area contributed by atoms with E-state index in [4.69, 9.17) is 0 Å². The number of imidazole rings is 1. The summed E-state index contributed by atoms with van der Waals surface area (Å²) in [5, 5.41) is 3.42. The maximum atomic E-state index is 13.6. The largest absolute Gasteiger partial charge is 0.340 e. The number of hydrogen-bond acceptors (Lipinski definition) is 3. The number of nitrogens with zero attached hydrogens (tertiary/aromatic N) is 3. The molecule has 2 aliphatic heterocycles. The predicted octanol–water partition coefficient (Wildman–Crippen LogP) is 2.58. The minimum Gasteiger partial charge on any atom is -0.340 e. The molecule has 1 saturated carbocycles. The van der Waals surface area contributed by atoms with Gasteiger partial charge in [-0.1, -0.05) is 31.0 Å². The smallest absolute Gasteiger partial charge is 0.232 e.